The zero-order chi connectivity index (χ0) is 18.8. The van der Waals surface area contributed by atoms with Crippen molar-refractivity contribution >= 4 is 40.7 Å². The van der Waals surface area contributed by atoms with E-state index >= 15 is 0 Å². The van der Waals surface area contributed by atoms with Crippen LogP contribution in [-0.2, 0) is 4.79 Å². The molecule has 2 amide bonds. The van der Waals surface area contributed by atoms with Crippen LogP contribution in [-0.4, -0.2) is 43.0 Å². The molecule has 5 nitrogen and oxygen atoms in total. The lowest BCUT2D eigenvalue weighted by Crippen LogP contribution is -2.57. The summed E-state index contributed by atoms with van der Waals surface area (Å²) in [5.41, 5.74) is 1.16. The molecule has 7 heteroatoms. The third kappa shape index (κ3) is 3.50. The Morgan fingerprint density at radius 2 is 1.88 bits per heavy atom. The van der Waals surface area contributed by atoms with Gasteiger partial charge in [0.1, 0.15) is 11.8 Å². The highest BCUT2D eigenvalue weighted by molar-refractivity contribution is 6.42. The molecule has 0 spiro atoms. The number of hydrogen-bond acceptors (Lipinski definition) is 3. The van der Waals surface area contributed by atoms with Crippen molar-refractivity contribution in [3.8, 4) is 5.75 Å². The van der Waals surface area contributed by atoms with E-state index in [1.807, 2.05) is 18.2 Å². The van der Waals surface area contributed by atoms with E-state index < -0.39 is 6.04 Å². The van der Waals surface area contributed by atoms with Crippen molar-refractivity contribution in [2.24, 2.45) is 0 Å². The van der Waals surface area contributed by atoms with Crippen LogP contribution in [0.15, 0.2) is 42.5 Å². The number of hydrogen-bond donors (Lipinski definition) is 0. The zero-order valence-corrected chi connectivity index (χ0v) is 15.9. The predicted molar refractivity (Wildman–Crippen MR) is 102 cm³/mol. The number of piperazine rings is 1. The van der Waals surface area contributed by atoms with Crippen LogP contribution in [0.2, 0.25) is 10.0 Å². The summed E-state index contributed by atoms with van der Waals surface area (Å²) in [5.74, 6) is 0.296. The lowest BCUT2D eigenvalue weighted by Gasteiger charge is -2.39. The van der Waals surface area contributed by atoms with Crippen molar-refractivity contribution in [3.63, 3.8) is 0 Å². The molecule has 1 fully saturated rings. The van der Waals surface area contributed by atoms with Gasteiger partial charge in [-0.1, -0.05) is 29.3 Å². The molecule has 1 heterocycles. The molecule has 1 aliphatic rings. The van der Waals surface area contributed by atoms with Crippen LogP contribution >= 0.6 is 23.2 Å². The Morgan fingerprint density at radius 3 is 2.58 bits per heavy atom. The van der Waals surface area contributed by atoms with Crippen molar-refractivity contribution in [2.45, 2.75) is 13.0 Å². The van der Waals surface area contributed by atoms with Crippen molar-refractivity contribution in [1.82, 2.24) is 4.90 Å². The van der Waals surface area contributed by atoms with Gasteiger partial charge in [0.05, 0.1) is 17.2 Å². The number of halogens is 2. The normalized spacial score (nSPS) is 17.4. The number of carbonyl (C=O) groups is 2. The maximum atomic E-state index is 12.8. The Labute approximate surface area is 162 Å². The van der Waals surface area contributed by atoms with E-state index in [1.54, 1.807) is 42.0 Å². The summed E-state index contributed by atoms with van der Waals surface area (Å²) in [6.45, 7) is 2.55. The minimum atomic E-state index is -0.586. The topological polar surface area (TPSA) is 49.9 Å². The van der Waals surface area contributed by atoms with Gasteiger partial charge in [0.15, 0.2) is 0 Å². The van der Waals surface area contributed by atoms with E-state index in [4.69, 9.17) is 27.9 Å². The molecule has 136 valence electrons. The number of nitrogens with zero attached hydrogens (tertiary/aromatic N) is 2. The van der Waals surface area contributed by atoms with E-state index in [1.165, 1.54) is 6.07 Å². The Kier molecular flexibility index (Phi) is 5.39. The highest BCUT2D eigenvalue weighted by Gasteiger charge is 2.35. The third-order valence-electron chi connectivity index (χ3n) is 4.45. The van der Waals surface area contributed by atoms with Crippen molar-refractivity contribution in [2.75, 3.05) is 25.1 Å². The molecule has 0 bridgehead atoms. The summed E-state index contributed by atoms with van der Waals surface area (Å²) in [7, 11) is 1.58. The average Bonchev–Trinajstić information content (AvgIpc) is 2.65. The number of carbonyl (C=O) groups excluding carboxylic acids is 2. The van der Waals surface area contributed by atoms with Gasteiger partial charge in [-0.15, -0.1) is 0 Å². The van der Waals surface area contributed by atoms with Crippen molar-refractivity contribution in [1.29, 1.82) is 0 Å². The number of benzene rings is 2. The minimum Gasteiger partial charge on any atom is -0.497 e. The summed E-state index contributed by atoms with van der Waals surface area (Å²) in [4.78, 5) is 28.9. The molecule has 1 aliphatic heterocycles. The van der Waals surface area contributed by atoms with Gasteiger partial charge in [-0.2, -0.15) is 0 Å². The van der Waals surface area contributed by atoms with Gasteiger partial charge in [0, 0.05) is 30.4 Å². The smallest absolute Gasteiger partial charge is 0.254 e. The molecule has 0 radical (unpaired) electrons. The SMILES string of the molecule is COc1cccc(N2CCN(C(=O)c3ccc(Cl)c(Cl)c3)[C@@H](C)C2=O)c1. The van der Waals surface area contributed by atoms with Gasteiger partial charge in [-0.3, -0.25) is 9.59 Å². The summed E-state index contributed by atoms with van der Waals surface area (Å²) in [6.07, 6.45) is 0. The van der Waals surface area contributed by atoms with Crippen LogP contribution in [0.4, 0.5) is 5.69 Å². The second-order valence-electron chi connectivity index (χ2n) is 5.99. The van der Waals surface area contributed by atoms with Gasteiger partial charge >= 0.3 is 0 Å². The third-order valence-corrected chi connectivity index (χ3v) is 5.19. The molecule has 0 unspecified atom stereocenters. The molecular formula is C19H18Cl2N2O3. The molecule has 2 aromatic carbocycles. The fourth-order valence-electron chi connectivity index (χ4n) is 2.98. The molecule has 2 aromatic rings. The minimum absolute atomic E-state index is 0.141. The molecule has 1 atom stereocenters. The number of amides is 2. The first-order valence-electron chi connectivity index (χ1n) is 8.14. The molecule has 26 heavy (non-hydrogen) atoms. The van der Waals surface area contributed by atoms with E-state index in [0.717, 1.165) is 5.69 Å². The lowest BCUT2D eigenvalue weighted by atomic mass is 10.1. The Hall–Kier alpha value is -2.24. The predicted octanol–water partition coefficient (Wildman–Crippen LogP) is 3.88. The quantitative estimate of drug-likeness (QED) is 0.796. The van der Waals surface area contributed by atoms with Crippen LogP contribution in [0.1, 0.15) is 17.3 Å². The maximum Gasteiger partial charge on any atom is 0.254 e. The van der Waals surface area contributed by atoms with Gasteiger partial charge in [-0.05, 0) is 37.3 Å². The van der Waals surface area contributed by atoms with Gasteiger partial charge in [-0.25, -0.2) is 0 Å². The average molecular weight is 393 g/mol. The van der Waals surface area contributed by atoms with Crippen LogP contribution < -0.4 is 9.64 Å². The van der Waals surface area contributed by atoms with Crippen LogP contribution in [0.25, 0.3) is 0 Å². The van der Waals surface area contributed by atoms with Crippen molar-refractivity contribution < 1.29 is 14.3 Å². The van der Waals surface area contributed by atoms with E-state index in [-0.39, 0.29) is 11.8 Å². The Balaban J connectivity index is 1.80. The van der Waals surface area contributed by atoms with Gasteiger partial charge < -0.3 is 14.5 Å². The molecule has 0 N–H and O–H groups in total. The second-order valence-corrected chi connectivity index (χ2v) is 6.81. The zero-order valence-electron chi connectivity index (χ0n) is 14.4. The molecule has 0 aliphatic carbocycles. The second kappa shape index (κ2) is 7.56. The number of rotatable bonds is 3. The first kappa shape index (κ1) is 18.5. The largest absolute Gasteiger partial charge is 0.497 e. The summed E-state index contributed by atoms with van der Waals surface area (Å²) in [5, 5.41) is 0.696. The van der Waals surface area contributed by atoms with E-state index in [2.05, 4.69) is 0 Å². The molecule has 0 saturated carbocycles. The fraction of sp³-hybridized carbons (Fsp3) is 0.263. The maximum absolute atomic E-state index is 12.8. The summed E-state index contributed by atoms with van der Waals surface area (Å²) in [6, 6.07) is 11.4. The first-order valence-corrected chi connectivity index (χ1v) is 8.89. The molecule has 1 saturated heterocycles. The number of anilines is 1. The standard InChI is InChI=1S/C19H18Cl2N2O3/c1-12-18(24)23(14-4-3-5-15(11-14)26-2)9-8-22(12)19(25)13-6-7-16(20)17(21)10-13/h3-7,10-12H,8-9H2,1-2H3/t12-/m0/s1. The highest BCUT2D eigenvalue weighted by Crippen LogP contribution is 2.27. The van der Waals surface area contributed by atoms with Crippen molar-refractivity contribution in [3.05, 3.63) is 58.1 Å². The number of methoxy groups -OCH3 is 1. The molecular weight excluding hydrogens is 375 g/mol. The first-order chi connectivity index (χ1) is 12.4. The Bertz CT molecular complexity index is 856. The summed E-state index contributed by atoms with van der Waals surface area (Å²) < 4.78 is 5.22. The van der Waals surface area contributed by atoms with Crippen LogP contribution in [0.5, 0.6) is 5.75 Å². The van der Waals surface area contributed by atoms with Crippen LogP contribution in [0, 0.1) is 0 Å². The highest BCUT2D eigenvalue weighted by atomic mass is 35.5. The Morgan fingerprint density at radius 1 is 1.12 bits per heavy atom. The van der Waals surface area contributed by atoms with E-state index in [0.29, 0.717) is 34.4 Å². The monoisotopic (exact) mass is 392 g/mol. The van der Waals surface area contributed by atoms with Gasteiger partial charge in [0.25, 0.3) is 5.91 Å². The van der Waals surface area contributed by atoms with Gasteiger partial charge in [0.2, 0.25) is 5.91 Å². The molecule has 3 rings (SSSR count). The number of ether oxygens (including phenoxy) is 1. The van der Waals surface area contributed by atoms with Crippen LogP contribution in [0.3, 0.4) is 0 Å². The van der Waals surface area contributed by atoms with E-state index in [9.17, 15) is 9.59 Å². The molecule has 0 aromatic heterocycles. The fourth-order valence-corrected chi connectivity index (χ4v) is 3.28. The lowest BCUT2D eigenvalue weighted by molar-refractivity contribution is -0.124. The summed E-state index contributed by atoms with van der Waals surface area (Å²) >= 11 is 11.9.